The molecule has 0 spiro atoms. The summed E-state index contributed by atoms with van der Waals surface area (Å²) in [6.07, 6.45) is 11.4. The Labute approximate surface area is 96.9 Å². The molecule has 1 nitrogen and oxygen atoms in total. The summed E-state index contributed by atoms with van der Waals surface area (Å²) in [5, 5.41) is 3.22. The van der Waals surface area contributed by atoms with Crippen LogP contribution in [-0.2, 0) is 0 Å². The maximum absolute atomic E-state index is 6.09. The first-order valence-electron chi connectivity index (χ1n) is 5.75. The van der Waals surface area contributed by atoms with Crippen LogP contribution in [0.25, 0.3) is 0 Å². The van der Waals surface area contributed by atoms with Gasteiger partial charge in [-0.1, -0.05) is 30.7 Å². The summed E-state index contributed by atoms with van der Waals surface area (Å²) < 4.78 is 0. The Bertz CT molecular complexity index is 325. The number of halogens is 1. The van der Waals surface area contributed by atoms with Crippen LogP contribution < -0.4 is 5.32 Å². The van der Waals surface area contributed by atoms with Crippen LogP contribution in [-0.4, -0.2) is 12.0 Å². The van der Waals surface area contributed by atoms with Crippen LogP contribution >= 0.6 is 11.6 Å². The van der Waals surface area contributed by atoms with Crippen molar-refractivity contribution < 1.29 is 0 Å². The number of rotatable bonds is 2. The van der Waals surface area contributed by atoms with Gasteiger partial charge >= 0.3 is 0 Å². The van der Waals surface area contributed by atoms with E-state index >= 15 is 0 Å². The Morgan fingerprint density at radius 1 is 1.33 bits per heavy atom. The highest BCUT2D eigenvalue weighted by Gasteiger charge is 2.16. The van der Waals surface area contributed by atoms with E-state index in [0.29, 0.717) is 0 Å². The Kier molecular flexibility index (Phi) is 3.66. The minimum atomic E-state index is 0.113. The molecule has 82 valence electrons. The van der Waals surface area contributed by atoms with E-state index in [1.165, 1.54) is 30.4 Å². The van der Waals surface area contributed by atoms with Crippen molar-refractivity contribution in [3.05, 3.63) is 34.9 Å². The number of alkyl halides is 1. The predicted octanol–water partition coefficient (Wildman–Crippen LogP) is 3.53. The first kappa shape index (κ1) is 11.0. The van der Waals surface area contributed by atoms with Crippen molar-refractivity contribution >= 4 is 11.6 Å². The molecular formula is C13H18ClN. The molecule has 0 bridgehead atoms. The summed E-state index contributed by atoms with van der Waals surface area (Å²) in [5.74, 6) is 0. The van der Waals surface area contributed by atoms with E-state index < -0.39 is 0 Å². The van der Waals surface area contributed by atoms with Crippen molar-refractivity contribution in [2.24, 2.45) is 0 Å². The minimum absolute atomic E-state index is 0.113. The SMILES string of the molecule is CCC1=CC=C(C2=CCNC(Cl)C2)CC1. The summed E-state index contributed by atoms with van der Waals surface area (Å²) in [7, 11) is 0. The lowest BCUT2D eigenvalue weighted by Gasteiger charge is -2.23. The van der Waals surface area contributed by atoms with Gasteiger partial charge in [-0.2, -0.15) is 0 Å². The van der Waals surface area contributed by atoms with Crippen molar-refractivity contribution in [3.63, 3.8) is 0 Å². The van der Waals surface area contributed by atoms with E-state index in [1.54, 1.807) is 5.57 Å². The van der Waals surface area contributed by atoms with Crippen LogP contribution in [0.3, 0.4) is 0 Å². The molecule has 15 heavy (non-hydrogen) atoms. The maximum Gasteiger partial charge on any atom is 0.0868 e. The first-order valence-corrected chi connectivity index (χ1v) is 6.18. The van der Waals surface area contributed by atoms with E-state index in [0.717, 1.165) is 13.0 Å². The van der Waals surface area contributed by atoms with E-state index in [4.69, 9.17) is 11.6 Å². The Hall–Kier alpha value is -0.530. The summed E-state index contributed by atoms with van der Waals surface area (Å²) >= 11 is 6.09. The van der Waals surface area contributed by atoms with Gasteiger partial charge in [-0.15, -0.1) is 11.6 Å². The molecular weight excluding hydrogens is 206 g/mol. The number of hydrogen-bond acceptors (Lipinski definition) is 1. The highest BCUT2D eigenvalue weighted by molar-refractivity contribution is 6.20. The predicted molar refractivity (Wildman–Crippen MR) is 66.0 cm³/mol. The Morgan fingerprint density at radius 3 is 2.80 bits per heavy atom. The van der Waals surface area contributed by atoms with Crippen LogP contribution in [0.15, 0.2) is 34.9 Å². The van der Waals surface area contributed by atoms with Crippen LogP contribution in [0.1, 0.15) is 32.6 Å². The van der Waals surface area contributed by atoms with Crippen LogP contribution in [0.2, 0.25) is 0 Å². The van der Waals surface area contributed by atoms with Gasteiger partial charge in [-0.3, -0.25) is 5.32 Å². The molecule has 1 atom stereocenters. The third kappa shape index (κ3) is 2.73. The van der Waals surface area contributed by atoms with Gasteiger partial charge in [-0.05, 0) is 30.4 Å². The number of allylic oxidation sites excluding steroid dienone is 4. The molecule has 0 radical (unpaired) electrons. The fraction of sp³-hybridized carbons (Fsp3) is 0.538. The fourth-order valence-electron chi connectivity index (χ4n) is 2.16. The second-order valence-corrected chi connectivity index (χ2v) is 4.71. The average Bonchev–Trinajstić information content (AvgIpc) is 2.29. The van der Waals surface area contributed by atoms with Crippen LogP contribution in [0.4, 0.5) is 0 Å². The first-order chi connectivity index (χ1) is 7.29. The highest BCUT2D eigenvalue weighted by Crippen LogP contribution is 2.29. The smallest absolute Gasteiger partial charge is 0.0868 e. The highest BCUT2D eigenvalue weighted by atomic mass is 35.5. The molecule has 0 aromatic rings. The second kappa shape index (κ2) is 5.00. The summed E-state index contributed by atoms with van der Waals surface area (Å²) in [4.78, 5) is 0. The molecule has 2 heteroatoms. The van der Waals surface area contributed by atoms with Gasteiger partial charge in [-0.25, -0.2) is 0 Å². The monoisotopic (exact) mass is 223 g/mol. The van der Waals surface area contributed by atoms with Crippen molar-refractivity contribution in [1.82, 2.24) is 5.32 Å². The largest absolute Gasteiger partial charge is 0.298 e. The average molecular weight is 224 g/mol. The maximum atomic E-state index is 6.09. The van der Waals surface area contributed by atoms with Crippen molar-refractivity contribution in [2.45, 2.75) is 38.1 Å². The molecule has 1 N–H and O–H groups in total. The zero-order chi connectivity index (χ0) is 10.7. The molecule has 1 aliphatic carbocycles. The van der Waals surface area contributed by atoms with Gasteiger partial charge in [0, 0.05) is 13.0 Å². The van der Waals surface area contributed by atoms with Crippen molar-refractivity contribution in [1.29, 1.82) is 0 Å². The quantitative estimate of drug-likeness (QED) is 0.558. The Morgan fingerprint density at radius 2 is 2.20 bits per heavy atom. The zero-order valence-corrected chi connectivity index (χ0v) is 9.98. The topological polar surface area (TPSA) is 12.0 Å². The lowest BCUT2D eigenvalue weighted by atomic mass is 9.89. The summed E-state index contributed by atoms with van der Waals surface area (Å²) in [5.41, 5.74) is 4.61. The lowest BCUT2D eigenvalue weighted by Crippen LogP contribution is -2.28. The normalized spacial score (nSPS) is 26.8. The molecule has 2 aliphatic rings. The molecule has 0 aromatic carbocycles. The molecule has 0 amide bonds. The van der Waals surface area contributed by atoms with E-state index in [-0.39, 0.29) is 5.50 Å². The van der Waals surface area contributed by atoms with Crippen LogP contribution in [0, 0.1) is 0 Å². The molecule has 1 heterocycles. The molecule has 0 aromatic heterocycles. The second-order valence-electron chi connectivity index (χ2n) is 4.18. The molecule has 1 unspecified atom stereocenters. The molecule has 0 fully saturated rings. The van der Waals surface area contributed by atoms with Crippen molar-refractivity contribution in [3.8, 4) is 0 Å². The third-order valence-electron chi connectivity index (χ3n) is 3.19. The van der Waals surface area contributed by atoms with Gasteiger partial charge in [0.05, 0.1) is 5.50 Å². The molecule has 0 saturated heterocycles. The van der Waals surface area contributed by atoms with Crippen LogP contribution in [0.5, 0.6) is 0 Å². The van der Waals surface area contributed by atoms with Gasteiger partial charge in [0.1, 0.15) is 0 Å². The molecule has 2 rings (SSSR count). The van der Waals surface area contributed by atoms with Crippen molar-refractivity contribution in [2.75, 3.05) is 6.54 Å². The number of nitrogens with one attached hydrogen (secondary N) is 1. The van der Waals surface area contributed by atoms with Gasteiger partial charge in [0.15, 0.2) is 0 Å². The van der Waals surface area contributed by atoms with E-state index in [1.807, 2.05) is 0 Å². The molecule has 1 aliphatic heterocycles. The van der Waals surface area contributed by atoms with E-state index in [9.17, 15) is 0 Å². The lowest BCUT2D eigenvalue weighted by molar-refractivity contribution is 0.647. The third-order valence-corrected chi connectivity index (χ3v) is 3.50. The Balaban J connectivity index is 2.09. The van der Waals surface area contributed by atoms with Gasteiger partial charge < -0.3 is 0 Å². The standard InChI is InChI=1S/C13H18ClN/c1-2-10-3-5-11(6-4-10)12-7-8-15-13(14)9-12/h3,5,7,13,15H,2,4,6,8-9H2,1H3. The zero-order valence-electron chi connectivity index (χ0n) is 9.22. The number of hydrogen-bond donors (Lipinski definition) is 1. The minimum Gasteiger partial charge on any atom is -0.298 e. The van der Waals surface area contributed by atoms with Gasteiger partial charge in [0.2, 0.25) is 0 Å². The summed E-state index contributed by atoms with van der Waals surface area (Å²) in [6, 6.07) is 0. The molecule has 0 saturated carbocycles. The van der Waals surface area contributed by atoms with E-state index in [2.05, 4.69) is 30.5 Å². The van der Waals surface area contributed by atoms with Gasteiger partial charge in [0.25, 0.3) is 0 Å². The fourth-order valence-corrected chi connectivity index (χ4v) is 2.42. The summed E-state index contributed by atoms with van der Waals surface area (Å²) in [6.45, 7) is 3.13.